The van der Waals surface area contributed by atoms with E-state index in [0.29, 0.717) is 18.9 Å². The number of benzene rings is 1. The van der Waals surface area contributed by atoms with Crippen LogP contribution in [0, 0.1) is 11.7 Å². The van der Waals surface area contributed by atoms with E-state index in [9.17, 15) is 9.18 Å². The van der Waals surface area contributed by atoms with Gasteiger partial charge in [0.1, 0.15) is 5.82 Å². The molecule has 0 aliphatic heterocycles. The average molecular weight is 278 g/mol. The van der Waals surface area contributed by atoms with Crippen molar-refractivity contribution in [3.05, 3.63) is 35.1 Å². The normalized spacial score (nSPS) is 17.3. The maximum atomic E-state index is 13.6. The lowest BCUT2D eigenvalue weighted by Gasteiger charge is -2.14. The van der Waals surface area contributed by atoms with Gasteiger partial charge in [0.2, 0.25) is 5.91 Å². The first-order chi connectivity index (χ1) is 9.58. The van der Waals surface area contributed by atoms with E-state index in [1.54, 1.807) is 6.07 Å². The highest BCUT2D eigenvalue weighted by Gasteiger charge is 2.24. The molecule has 3 nitrogen and oxygen atoms in total. The van der Waals surface area contributed by atoms with E-state index in [2.05, 4.69) is 24.5 Å². The van der Waals surface area contributed by atoms with Crippen LogP contribution in [0.1, 0.15) is 43.9 Å². The summed E-state index contributed by atoms with van der Waals surface area (Å²) in [6.45, 7) is 5.49. The smallest absolute Gasteiger partial charge is 0.221 e. The Kier molecular flexibility index (Phi) is 5.12. The van der Waals surface area contributed by atoms with Crippen LogP contribution in [0.3, 0.4) is 0 Å². The first kappa shape index (κ1) is 15.0. The molecule has 0 heterocycles. The third kappa shape index (κ3) is 3.79. The zero-order valence-electron chi connectivity index (χ0n) is 12.2. The van der Waals surface area contributed by atoms with Crippen LogP contribution < -0.4 is 10.6 Å². The Bertz CT molecular complexity index is 474. The SMILES string of the molecule is CC(C)CNC(=O)CCNC1CCc2c(F)cccc21. The second-order valence-electron chi connectivity index (χ2n) is 5.80. The highest BCUT2D eigenvalue weighted by molar-refractivity contribution is 5.76. The lowest BCUT2D eigenvalue weighted by Crippen LogP contribution is -2.31. The Morgan fingerprint density at radius 2 is 2.25 bits per heavy atom. The van der Waals surface area contributed by atoms with E-state index in [1.807, 2.05) is 6.07 Å². The van der Waals surface area contributed by atoms with Crippen LogP contribution in [0.15, 0.2) is 18.2 Å². The zero-order valence-corrected chi connectivity index (χ0v) is 12.2. The van der Waals surface area contributed by atoms with Gasteiger partial charge in [-0.3, -0.25) is 4.79 Å². The Labute approximate surface area is 120 Å². The lowest BCUT2D eigenvalue weighted by molar-refractivity contribution is -0.121. The van der Waals surface area contributed by atoms with Gasteiger partial charge in [0.05, 0.1) is 0 Å². The van der Waals surface area contributed by atoms with Crippen molar-refractivity contribution in [2.45, 2.75) is 39.2 Å². The summed E-state index contributed by atoms with van der Waals surface area (Å²) in [5.41, 5.74) is 1.88. The predicted octanol–water partition coefficient (Wildman–Crippen LogP) is 2.56. The van der Waals surface area contributed by atoms with Gasteiger partial charge in [-0.05, 0) is 36.0 Å². The van der Waals surface area contributed by atoms with Crippen molar-refractivity contribution in [3.63, 3.8) is 0 Å². The summed E-state index contributed by atoms with van der Waals surface area (Å²) in [6, 6.07) is 5.42. The summed E-state index contributed by atoms with van der Waals surface area (Å²) in [5, 5.41) is 6.25. The number of halogens is 1. The monoisotopic (exact) mass is 278 g/mol. The van der Waals surface area contributed by atoms with E-state index in [0.717, 1.165) is 30.5 Å². The van der Waals surface area contributed by atoms with Gasteiger partial charge in [0.15, 0.2) is 0 Å². The minimum Gasteiger partial charge on any atom is -0.356 e. The predicted molar refractivity (Wildman–Crippen MR) is 77.9 cm³/mol. The lowest BCUT2D eigenvalue weighted by atomic mass is 10.1. The fraction of sp³-hybridized carbons (Fsp3) is 0.562. The average Bonchev–Trinajstić information content (AvgIpc) is 2.81. The molecule has 0 saturated heterocycles. The van der Waals surface area contributed by atoms with Crippen molar-refractivity contribution in [3.8, 4) is 0 Å². The van der Waals surface area contributed by atoms with Gasteiger partial charge in [-0.2, -0.15) is 0 Å². The van der Waals surface area contributed by atoms with Crippen molar-refractivity contribution in [1.82, 2.24) is 10.6 Å². The summed E-state index contributed by atoms with van der Waals surface area (Å²) >= 11 is 0. The summed E-state index contributed by atoms with van der Waals surface area (Å²) < 4.78 is 13.6. The van der Waals surface area contributed by atoms with E-state index in [4.69, 9.17) is 0 Å². The van der Waals surface area contributed by atoms with Crippen LogP contribution in [-0.2, 0) is 11.2 Å². The fourth-order valence-electron chi connectivity index (χ4n) is 2.59. The van der Waals surface area contributed by atoms with Crippen LogP contribution >= 0.6 is 0 Å². The van der Waals surface area contributed by atoms with Crippen LogP contribution in [0.2, 0.25) is 0 Å². The minimum absolute atomic E-state index is 0.0728. The minimum atomic E-state index is -0.110. The number of amides is 1. The van der Waals surface area contributed by atoms with Gasteiger partial charge >= 0.3 is 0 Å². The zero-order chi connectivity index (χ0) is 14.5. The second kappa shape index (κ2) is 6.84. The highest BCUT2D eigenvalue weighted by Crippen LogP contribution is 2.32. The Morgan fingerprint density at radius 1 is 1.45 bits per heavy atom. The van der Waals surface area contributed by atoms with Gasteiger partial charge < -0.3 is 10.6 Å². The number of rotatable bonds is 6. The highest BCUT2D eigenvalue weighted by atomic mass is 19.1. The third-order valence-electron chi connectivity index (χ3n) is 3.66. The molecule has 0 radical (unpaired) electrons. The number of carbonyl (C=O) groups is 1. The molecule has 1 aliphatic rings. The number of hydrogen-bond acceptors (Lipinski definition) is 2. The molecule has 20 heavy (non-hydrogen) atoms. The molecule has 1 aliphatic carbocycles. The summed E-state index contributed by atoms with van der Waals surface area (Å²) in [4.78, 5) is 11.6. The van der Waals surface area contributed by atoms with Gasteiger partial charge in [-0.15, -0.1) is 0 Å². The number of hydrogen-bond donors (Lipinski definition) is 2. The molecule has 4 heteroatoms. The van der Waals surface area contributed by atoms with Gasteiger partial charge in [0.25, 0.3) is 0 Å². The Balaban J connectivity index is 1.77. The summed E-state index contributed by atoms with van der Waals surface area (Å²) in [6.07, 6.45) is 2.15. The molecule has 0 aromatic heterocycles. The fourth-order valence-corrected chi connectivity index (χ4v) is 2.59. The maximum absolute atomic E-state index is 13.6. The Hall–Kier alpha value is -1.42. The quantitative estimate of drug-likeness (QED) is 0.839. The summed E-state index contributed by atoms with van der Waals surface area (Å²) in [5.74, 6) is 0.432. The van der Waals surface area contributed by atoms with Crippen LogP contribution in [-0.4, -0.2) is 19.0 Å². The molecule has 1 atom stereocenters. The van der Waals surface area contributed by atoms with E-state index < -0.39 is 0 Å². The number of carbonyl (C=O) groups excluding carboxylic acids is 1. The van der Waals surface area contributed by atoms with Crippen molar-refractivity contribution >= 4 is 5.91 Å². The molecule has 0 fully saturated rings. The first-order valence-corrected chi connectivity index (χ1v) is 7.35. The van der Waals surface area contributed by atoms with Gasteiger partial charge in [0, 0.05) is 25.6 Å². The largest absolute Gasteiger partial charge is 0.356 e. The molecular formula is C16H23FN2O. The maximum Gasteiger partial charge on any atom is 0.221 e. The molecular weight excluding hydrogens is 255 g/mol. The van der Waals surface area contributed by atoms with E-state index >= 15 is 0 Å². The van der Waals surface area contributed by atoms with Crippen molar-refractivity contribution in [2.24, 2.45) is 5.92 Å². The third-order valence-corrected chi connectivity index (χ3v) is 3.66. The second-order valence-corrected chi connectivity index (χ2v) is 5.80. The van der Waals surface area contributed by atoms with Crippen LogP contribution in [0.25, 0.3) is 0 Å². The summed E-state index contributed by atoms with van der Waals surface area (Å²) in [7, 11) is 0. The van der Waals surface area contributed by atoms with Crippen molar-refractivity contribution in [2.75, 3.05) is 13.1 Å². The molecule has 1 aromatic rings. The number of fused-ring (bicyclic) bond motifs is 1. The molecule has 110 valence electrons. The number of nitrogens with one attached hydrogen (secondary N) is 2. The molecule has 1 unspecified atom stereocenters. The topological polar surface area (TPSA) is 41.1 Å². The Morgan fingerprint density at radius 3 is 3.00 bits per heavy atom. The standard InChI is InChI=1S/C16H23FN2O/c1-11(2)10-19-16(20)8-9-18-15-7-6-12-13(15)4-3-5-14(12)17/h3-5,11,15,18H,6-10H2,1-2H3,(H,19,20). The molecule has 0 bridgehead atoms. The van der Waals surface area contributed by atoms with Gasteiger partial charge in [-0.25, -0.2) is 4.39 Å². The van der Waals surface area contributed by atoms with Crippen LogP contribution in [0.4, 0.5) is 4.39 Å². The van der Waals surface area contributed by atoms with E-state index in [-0.39, 0.29) is 17.8 Å². The van der Waals surface area contributed by atoms with Gasteiger partial charge in [-0.1, -0.05) is 26.0 Å². The van der Waals surface area contributed by atoms with Crippen LogP contribution in [0.5, 0.6) is 0 Å². The molecule has 1 amide bonds. The van der Waals surface area contributed by atoms with Crippen molar-refractivity contribution < 1.29 is 9.18 Å². The molecule has 2 rings (SSSR count). The molecule has 2 N–H and O–H groups in total. The van der Waals surface area contributed by atoms with Crippen molar-refractivity contribution in [1.29, 1.82) is 0 Å². The van der Waals surface area contributed by atoms with E-state index in [1.165, 1.54) is 6.07 Å². The molecule has 0 saturated carbocycles. The molecule has 0 spiro atoms. The first-order valence-electron chi connectivity index (χ1n) is 7.35. The molecule has 1 aromatic carbocycles.